The number of carbonyl (C=O) groups is 1. The third-order valence-electron chi connectivity index (χ3n) is 3.82. The van der Waals surface area contributed by atoms with Gasteiger partial charge in [-0.15, -0.1) is 0 Å². The number of methoxy groups -OCH3 is 1. The first-order valence-electron chi connectivity index (χ1n) is 7.33. The highest BCUT2D eigenvalue weighted by Crippen LogP contribution is 2.20. The summed E-state index contributed by atoms with van der Waals surface area (Å²) in [5.41, 5.74) is 3.94. The van der Waals surface area contributed by atoms with Crippen molar-refractivity contribution in [3.63, 3.8) is 0 Å². The molecule has 1 atom stereocenters. The molecule has 2 heterocycles. The Morgan fingerprint density at radius 1 is 1.32 bits per heavy atom. The Bertz CT molecular complexity index is 634. The molecule has 0 bridgehead atoms. The number of rotatable bonds is 4. The van der Waals surface area contributed by atoms with E-state index in [1.165, 1.54) is 0 Å². The lowest BCUT2D eigenvalue weighted by Crippen LogP contribution is -2.47. The van der Waals surface area contributed by atoms with Gasteiger partial charge in [-0.1, -0.05) is 0 Å². The van der Waals surface area contributed by atoms with Gasteiger partial charge in [0.25, 0.3) is 0 Å². The van der Waals surface area contributed by atoms with E-state index in [2.05, 4.69) is 20.9 Å². The number of benzene rings is 1. The molecule has 0 aromatic heterocycles. The maximum Gasteiger partial charge on any atom is 0.156 e. The monoisotopic (exact) mass is 300 g/mol. The summed E-state index contributed by atoms with van der Waals surface area (Å²) in [6.07, 6.45) is 0. The van der Waals surface area contributed by atoms with Crippen LogP contribution in [-0.2, 0) is 4.79 Å². The Labute approximate surface area is 129 Å². The Balaban J connectivity index is 1.83. The van der Waals surface area contributed by atoms with Crippen molar-refractivity contribution in [2.45, 2.75) is 13.0 Å². The number of hydrogen-bond donors (Lipinski definition) is 3. The zero-order valence-electron chi connectivity index (χ0n) is 12.8. The topological polar surface area (TPSA) is 74.8 Å². The van der Waals surface area contributed by atoms with Crippen LogP contribution in [-0.4, -0.2) is 44.3 Å². The zero-order valence-corrected chi connectivity index (χ0v) is 12.8. The second kappa shape index (κ2) is 6.19. The Hall–Kier alpha value is -2.34. The van der Waals surface area contributed by atoms with Crippen LogP contribution >= 0.6 is 0 Å². The van der Waals surface area contributed by atoms with Crippen LogP contribution in [0.25, 0.3) is 0 Å². The molecule has 6 heteroatoms. The number of hydrogen-bond acceptors (Lipinski definition) is 6. The van der Waals surface area contributed by atoms with Gasteiger partial charge in [-0.05, 0) is 31.2 Å². The molecule has 2 aliphatic heterocycles. The van der Waals surface area contributed by atoms with Crippen LogP contribution < -0.4 is 20.7 Å². The van der Waals surface area contributed by atoms with Crippen molar-refractivity contribution in [1.29, 1.82) is 0 Å². The SMILES string of the molecule is COc1ccc(NC2=C3NCC(C(C)=O)N=C3CNC2)cc1. The summed E-state index contributed by atoms with van der Waals surface area (Å²) < 4.78 is 5.16. The number of anilines is 1. The van der Waals surface area contributed by atoms with Gasteiger partial charge in [0.1, 0.15) is 11.8 Å². The molecule has 0 amide bonds. The van der Waals surface area contributed by atoms with E-state index in [1.54, 1.807) is 14.0 Å². The van der Waals surface area contributed by atoms with E-state index in [0.29, 0.717) is 13.1 Å². The van der Waals surface area contributed by atoms with Gasteiger partial charge >= 0.3 is 0 Å². The predicted octanol–water partition coefficient (Wildman–Crippen LogP) is 0.924. The molecule has 1 aromatic rings. The van der Waals surface area contributed by atoms with Crippen LogP contribution in [0, 0.1) is 0 Å². The molecule has 0 aliphatic carbocycles. The van der Waals surface area contributed by atoms with Crippen LogP contribution in [0.15, 0.2) is 40.7 Å². The number of ether oxygens (including phenoxy) is 1. The first-order valence-corrected chi connectivity index (χ1v) is 7.33. The molecule has 6 nitrogen and oxygen atoms in total. The van der Waals surface area contributed by atoms with Crippen molar-refractivity contribution < 1.29 is 9.53 Å². The van der Waals surface area contributed by atoms with Crippen molar-refractivity contribution in [3.05, 3.63) is 35.7 Å². The summed E-state index contributed by atoms with van der Waals surface area (Å²) in [5, 5.41) is 10.1. The summed E-state index contributed by atoms with van der Waals surface area (Å²) in [7, 11) is 1.65. The zero-order chi connectivity index (χ0) is 15.5. The van der Waals surface area contributed by atoms with E-state index in [-0.39, 0.29) is 11.8 Å². The minimum Gasteiger partial charge on any atom is -0.497 e. The average Bonchev–Trinajstić information content (AvgIpc) is 2.55. The van der Waals surface area contributed by atoms with Crippen LogP contribution in [0.4, 0.5) is 5.69 Å². The van der Waals surface area contributed by atoms with Crippen molar-refractivity contribution in [3.8, 4) is 5.75 Å². The lowest BCUT2D eigenvalue weighted by molar-refractivity contribution is -0.118. The molecule has 3 rings (SSSR count). The van der Waals surface area contributed by atoms with Gasteiger partial charge in [0.2, 0.25) is 0 Å². The predicted molar refractivity (Wildman–Crippen MR) is 86.4 cm³/mol. The van der Waals surface area contributed by atoms with Gasteiger partial charge in [-0.3, -0.25) is 9.79 Å². The van der Waals surface area contributed by atoms with E-state index in [9.17, 15) is 4.79 Å². The largest absolute Gasteiger partial charge is 0.497 e. The summed E-state index contributed by atoms with van der Waals surface area (Å²) >= 11 is 0. The Kier molecular flexibility index (Phi) is 4.11. The molecular formula is C16H20N4O2. The molecule has 0 radical (unpaired) electrons. The number of fused-ring (bicyclic) bond motifs is 1. The average molecular weight is 300 g/mol. The third-order valence-corrected chi connectivity index (χ3v) is 3.82. The number of nitrogens with zero attached hydrogens (tertiary/aromatic N) is 1. The first-order chi connectivity index (χ1) is 10.7. The van der Waals surface area contributed by atoms with E-state index < -0.39 is 0 Å². The van der Waals surface area contributed by atoms with Crippen molar-refractivity contribution in [1.82, 2.24) is 10.6 Å². The standard InChI is InChI=1S/C16H20N4O2/c1-10(21)13-9-18-16-14(7-17-8-15(16)20-13)19-11-3-5-12(22-2)6-4-11/h3-6,13,17-19H,7-9H2,1-2H3. The molecule has 116 valence electrons. The maximum atomic E-state index is 11.5. The second-order valence-corrected chi connectivity index (χ2v) is 5.39. The Morgan fingerprint density at radius 3 is 2.77 bits per heavy atom. The van der Waals surface area contributed by atoms with Crippen LogP contribution in [0.1, 0.15) is 6.92 Å². The van der Waals surface area contributed by atoms with Crippen molar-refractivity contribution in [2.24, 2.45) is 4.99 Å². The summed E-state index contributed by atoms with van der Waals surface area (Å²) in [5.74, 6) is 0.918. The van der Waals surface area contributed by atoms with Crippen molar-refractivity contribution >= 4 is 17.2 Å². The first kappa shape index (κ1) is 14.6. The number of aliphatic imine (C=N–C) groups is 1. The lowest BCUT2D eigenvalue weighted by atomic mass is 10.1. The number of Topliss-reactive ketones (excluding diaryl/α,β-unsaturated/α-hetero) is 1. The highest BCUT2D eigenvalue weighted by Gasteiger charge is 2.26. The fourth-order valence-electron chi connectivity index (χ4n) is 2.60. The fourth-order valence-corrected chi connectivity index (χ4v) is 2.60. The number of nitrogens with one attached hydrogen (secondary N) is 3. The molecular weight excluding hydrogens is 280 g/mol. The van der Waals surface area contributed by atoms with Crippen LogP contribution in [0.3, 0.4) is 0 Å². The molecule has 0 saturated heterocycles. The molecule has 22 heavy (non-hydrogen) atoms. The maximum absolute atomic E-state index is 11.5. The van der Waals surface area contributed by atoms with Crippen LogP contribution in [0.5, 0.6) is 5.75 Å². The molecule has 0 spiro atoms. The van der Waals surface area contributed by atoms with Gasteiger partial charge in [0.15, 0.2) is 5.78 Å². The quantitative estimate of drug-likeness (QED) is 0.771. The van der Waals surface area contributed by atoms with Crippen LogP contribution in [0.2, 0.25) is 0 Å². The summed E-state index contributed by atoms with van der Waals surface area (Å²) in [6.45, 7) is 3.55. The van der Waals surface area contributed by atoms with Gasteiger partial charge < -0.3 is 20.7 Å². The minimum absolute atomic E-state index is 0.0919. The van der Waals surface area contributed by atoms with Gasteiger partial charge in [0, 0.05) is 25.3 Å². The van der Waals surface area contributed by atoms with E-state index in [4.69, 9.17) is 4.74 Å². The normalized spacial score (nSPS) is 20.6. The number of ketones is 1. The second-order valence-electron chi connectivity index (χ2n) is 5.39. The van der Waals surface area contributed by atoms with Gasteiger partial charge in [-0.2, -0.15) is 0 Å². The third kappa shape index (κ3) is 2.96. The smallest absolute Gasteiger partial charge is 0.156 e. The molecule has 1 aromatic carbocycles. The molecule has 2 aliphatic rings. The van der Waals surface area contributed by atoms with Crippen molar-refractivity contribution in [2.75, 3.05) is 32.1 Å². The molecule has 3 N–H and O–H groups in total. The highest BCUT2D eigenvalue weighted by atomic mass is 16.5. The summed E-state index contributed by atoms with van der Waals surface area (Å²) in [6, 6.07) is 7.50. The highest BCUT2D eigenvalue weighted by molar-refractivity contribution is 6.05. The Morgan fingerprint density at radius 2 is 2.09 bits per heavy atom. The van der Waals surface area contributed by atoms with E-state index in [1.807, 2.05) is 24.3 Å². The van der Waals surface area contributed by atoms with Gasteiger partial charge in [-0.25, -0.2) is 0 Å². The molecule has 0 fully saturated rings. The summed E-state index contributed by atoms with van der Waals surface area (Å²) in [4.78, 5) is 16.0. The van der Waals surface area contributed by atoms with E-state index >= 15 is 0 Å². The van der Waals surface area contributed by atoms with Gasteiger partial charge in [0.05, 0.1) is 24.2 Å². The fraction of sp³-hybridized carbons (Fsp3) is 0.375. The molecule has 1 unspecified atom stereocenters. The minimum atomic E-state index is -0.277. The van der Waals surface area contributed by atoms with E-state index in [0.717, 1.165) is 35.1 Å². The number of carbonyl (C=O) groups excluding carboxylic acids is 1. The molecule has 0 saturated carbocycles. The lowest BCUT2D eigenvalue weighted by Gasteiger charge is -2.30.